The molecule has 0 N–H and O–H groups in total. The summed E-state index contributed by atoms with van der Waals surface area (Å²) in [5.41, 5.74) is 1.83. The van der Waals surface area contributed by atoms with Gasteiger partial charge >= 0.3 is 0 Å². The summed E-state index contributed by atoms with van der Waals surface area (Å²) in [6, 6.07) is 17.8. The van der Waals surface area contributed by atoms with Crippen LogP contribution in [0.25, 0.3) is 10.8 Å². The fourth-order valence-electron chi connectivity index (χ4n) is 2.83. The van der Waals surface area contributed by atoms with E-state index in [0.717, 1.165) is 28.4 Å². The molecule has 0 atom stereocenters. The predicted molar refractivity (Wildman–Crippen MR) is 99.5 cm³/mol. The summed E-state index contributed by atoms with van der Waals surface area (Å²) in [4.78, 5) is 18.8. The second-order valence-corrected chi connectivity index (χ2v) is 6.10. The molecule has 0 spiro atoms. The minimum atomic E-state index is 0.0670. The molecule has 1 amide bonds. The van der Waals surface area contributed by atoms with Crippen LogP contribution in [-0.4, -0.2) is 17.4 Å². The molecule has 3 aromatic rings. The van der Waals surface area contributed by atoms with Gasteiger partial charge in [0, 0.05) is 18.1 Å². The van der Waals surface area contributed by atoms with E-state index in [0.29, 0.717) is 18.1 Å². The normalized spacial score (nSPS) is 10.8. The standard InChI is InChI=1S/C20H19ClN2O/c1-2-12-23(20(24)13-15-10-11-19(21)22-14-15)18-9-5-7-16-6-3-4-8-17(16)18/h3-11,14H,2,12-13H2,1H3. The van der Waals surface area contributed by atoms with Crippen molar-refractivity contribution >= 4 is 34.0 Å². The number of fused-ring (bicyclic) bond motifs is 1. The molecular weight excluding hydrogens is 320 g/mol. The maximum atomic E-state index is 12.9. The molecule has 1 aromatic heterocycles. The van der Waals surface area contributed by atoms with Crippen molar-refractivity contribution in [3.05, 3.63) is 71.5 Å². The van der Waals surface area contributed by atoms with Crippen LogP contribution in [0.15, 0.2) is 60.8 Å². The molecule has 4 heteroatoms. The smallest absolute Gasteiger partial charge is 0.231 e. The Kier molecular flexibility index (Phi) is 5.11. The summed E-state index contributed by atoms with van der Waals surface area (Å²) in [6.45, 7) is 2.77. The Morgan fingerprint density at radius 3 is 2.62 bits per heavy atom. The lowest BCUT2D eigenvalue weighted by Crippen LogP contribution is -2.33. The molecule has 0 radical (unpaired) electrons. The Bertz CT molecular complexity index is 840. The number of benzene rings is 2. The first kappa shape index (κ1) is 16.5. The molecule has 0 saturated carbocycles. The SMILES string of the molecule is CCCN(C(=O)Cc1ccc(Cl)nc1)c1cccc2ccccc12. The number of pyridine rings is 1. The molecule has 1 heterocycles. The fraction of sp³-hybridized carbons (Fsp3) is 0.200. The van der Waals surface area contributed by atoms with Crippen molar-refractivity contribution in [3.8, 4) is 0 Å². The van der Waals surface area contributed by atoms with Crippen LogP contribution in [0.4, 0.5) is 5.69 Å². The van der Waals surface area contributed by atoms with Crippen molar-refractivity contribution in [2.45, 2.75) is 19.8 Å². The molecule has 3 rings (SSSR count). The first-order chi connectivity index (χ1) is 11.7. The van der Waals surface area contributed by atoms with Crippen LogP contribution in [-0.2, 0) is 11.2 Å². The summed E-state index contributed by atoms with van der Waals surface area (Å²) in [7, 11) is 0. The van der Waals surface area contributed by atoms with Gasteiger partial charge < -0.3 is 4.90 Å². The van der Waals surface area contributed by atoms with E-state index in [9.17, 15) is 4.79 Å². The monoisotopic (exact) mass is 338 g/mol. The molecule has 122 valence electrons. The first-order valence-corrected chi connectivity index (χ1v) is 8.45. The van der Waals surface area contributed by atoms with Crippen LogP contribution < -0.4 is 4.90 Å². The van der Waals surface area contributed by atoms with Gasteiger partial charge in [0.15, 0.2) is 0 Å². The maximum absolute atomic E-state index is 12.9. The Hall–Kier alpha value is -2.39. The number of rotatable bonds is 5. The topological polar surface area (TPSA) is 33.2 Å². The van der Waals surface area contributed by atoms with E-state index in [1.807, 2.05) is 35.2 Å². The van der Waals surface area contributed by atoms with Gasteiger partial charge in [-0.05, 0) is 29.5 Å². The number of hydrogen-bond acceptors (Lipinski definition) is 2. The van der Waals surface area contributed by atoms with E-state index in [2.05, 4.69) is 30.1 Å². The number of anilines is 1. The molecule has 0 fully saturated rings. The van der Waals surface area contributed by atoms with Gasteiger partial charge in [0.05, 0.1) is 12.1 Å². The van der Waals surface area contributed by atoms with Crippen LogP contribution in [0.5, 0.6) is 0 Å². The molecule has 3 nitrogen and oxygen atoms in total. The Morgan fingerprint density at radius 1 is 1.08 bits per heavy atom. The van der Waals surface area contributed by atoms with E-state index in [1.165, 1.54) is 0 Å². The van der Waals surface area contributed by atoms with Crippen molar-refractivity contribution in [2.24, 2.45) is 0 Å². The van der Waals surface area contributed by atoms with Crippen molar-refractivity contribution in [1.29, 1.82) is 0 Å². The van der Waals surface area contributed by atoms with Crippen molar-refractivity contribution < 1.29 is 4.79 Å². The highest BCUT2D eigenvalue weighted by Crippen LogP contribution is 2.27. The molecule has 0 aliphatic rings. The lowest BCUT2D eigenvalue weighted by Gasteiger charge is -2.24. The lowest BCUT2D eigenvalue weighted by molar-refractivity contribution is -0.118. The second kappa shape index (κ2) is 7.45. The van der Waals surface area contributed by atoms with Gasteiger partial charge in [0.2, 0.25) is 5.91 Å². The average Bonchev–Trinajstić information content (AvgIpc) is 2.61. The van der Waals surface area contributed by atoms with Crippen LogP contribution >= 0.6 is 11.6 Å². The zero-order chi connectivity index (χ0) is 16.9. The number of hydrogen-bond donors (Lipinski definition) is 0. The third kappa shape index (κ3) is 3.57. The van der Waals surface area contributed by atoms with E-state index in [1.54, 1.807) is 12.3 Å². The van der Waals surface area contributed by atoms with E-state index < -0.39 is 0 Å². The third-order valence-electron chi connectivity index (χ3n) is 3.95. The van der Waals surface area contributed by atoms with Gasteiger partial charge in [0.1, 0.15) is 5.15 Å². The highest BCUT2D eigenvalue weighted by atomic mass is 35.5. The molecule has 0 unspecified atom stereocenters. The average molecular weight is 339 g/mol. The summed E-state index contributed by atoms with van der Waals surface area (Å²) >= 11 is 5.82. The zero-order valence-corrected chi connectivity index (χ0v) is 14.3. The Morgan fingerprint density at radius 2 is 1.88 bits per heavy atom. The molecule has 2 aromatic carbocycles. The predicted octanol–water partition coefficient (Wildman–Crippen LogP) is 4.87. The van der Waals surface area contributed by atoms with E-state index in [4.69, 9.17) is 11.6 Å². The summed E-state index contributed by atoms with van der Waals surface area (Å²) in [5, 5.41) is 2.67. The van der Waals surface area contributed by atoms with Gasteiger partial charge in [-0.3, -0.25) is 4.79 Å². The minimum absolute atomic E-state index is 0.0670. The van der Waals surface area contributed by atoms with Gasteiger partial charge in [0.25, 0.3) is 0 Å². The van der Waals surface area contributed by atoms with Crippen molar-refractivity contribution in [1.82, 2.24) is 4.98 Å². The number of halogens is 1. The molecular formula is C20H19ClN2O. The molecule has 24 heavy (non-hydrogen) atoms. The largest absolute Gasteiger partial charge is 0.312 e. The van der Waals surface area contributed by atoms with Crippen molar-refractivity contribution in [3.63, 3.8) is 0 Å². The van der Waals surface area contributed by atoms with Crippen LogP contribution in [0.2, 0.25) is 5.15 Å². The Balaban J connectivity index is 1.93. The lowest BCUT2D eigenvalue weighted by atomic mass is 10.1. The van der Waals surface area contributed by atoms with Gasteiger partial charge in [-0.15, -0.1) is 0 Å². The summed E-state index contributed by atoms with van der Waals surface area (Å²) in [6.07, 6.45) is 2.87. The number of nitrogens with zero attached hydrogens (tertiary/aromatic N) is 2. The second-order valence-electron chi connectivity index (χ2n) is 5.71. The van der Waals surface area contributed by atoms with Gasteiger partial charge in [-0.1, -0.05) is 61.0 Å². The molecule has 0 bridgehead atoms. The maximum Gasteiger partial charge on any atom is 0.231 e. The van der Waals surface area contributed by atoms with E-state index in [-0.39, 0.29) is 5.91 Å². The highest BCUT2D eigenvalue weighted by molar-refractivity contribution is 6.29. The minimum Gasteiger partial charge on any atom is -0.312 e. The van der Waals surface area contributed by atoms with Gasteiger partial charge in [-0.2, -0.15) is 0 Å². The van der Waals surface area contributed by atoms with Crippen molar-refractivity contribution in [2.75, 3.05) is 11.4 Å². The Labute approximate surface area is 146 Å². The quantitative estimate of drug-likeness (QED) is 0.621. The zero-order valence-electron chi connectivity index (χ0n) is 13.6. The molecule has 0 aliphatic carbocycles. The van der Waals surface area contributed by atoms with Crippen LogP contribution in [0, 0.1) is 0 Å². The van der Waals surface area contributed by atoms with Crippen LogP contribution in [0.3, 0.4) is 0 Å². The first-order valence-electron chi connectivity index (χ1n) is 8.07. The number of carbonyl (C=O) groups is 1. The summed E-state index contributed by atoms with van der Waals surface area (Å²) < 4.78 is 0. The third-order valence-corrected chi connectivity index (χ3v) is 4.17. The highest BCUT2D eigenvalue weighted by Gasteiger charge is 2.17. The van der Waals surface area contributed by atoms with Crippen LogP contribution in [0.1, 0.15) is 18.9 Å². The fourth-order valence-corrected chi connectivity index (χ4v) is 2.94. The van der Waals surface area contributed by atoms with Gasteiger partial charge in [-0.25, -0.2) is 4.98 Å². The number of carbonyl (C=O) groups excluding carboxylic acids is 1. The summed E-state index contributed by atoms with van der Waals surface area (Å²) in [5.74, 6) is 0.0670. The van der Waals surface area contributed by atoms with E-state index >= 15 is 0 Å². The molecule has 0 aliphatic heterocycles. The number of aromatic nitrogens is 1. The molecule has 0 saturated heterocycles. The number of amides is 1.